The molecule has 0 radical (unpaired) electrons. The number of likely N-dealkylation sites (N-methyl/N-ethyl adjacent to an activating group) is 1. The van der Waals surface area contributed by atoms with Crippen LogP contribution in [0, 0.1) is 0 Å². The zero-order valence-corrected chi connectivity index (χ0v) is 14.3. The Balaban J connectivity index is 2.77. The third kappa shape index (κ3) is 5.94. The number of hydrogen-bond donors (Lipinski definition) is 2. The molecular formula is C15H20ClF3N2O3. The summed E-state index contributed by atoms with van der Waals surface area (Å²) in [5.41, 5.74) is -1.02. The van der Waals surface area contributed by atoms with E-state index in [1.807, 2.05) is 0 Å². The lowest BCUT2D eigenvalue weighted by Crippen LogP contribution is -2.44. The first-order valence-electron chi connectivity index (χ1n) is 7.11. The summed E-state index contributed by atoms with van der Waals surface area (Å²) in [5, 5.41) is 11.6. The van der Waals surface area contributed by atoms with Crippen LogP contribution in [0.15, 0.2) is 18.2 Å². The second kappa shape index (κ2) is 8.66. The predicted octanol–water partition coefficient (Wildman–Crippen LogP) is 2.62. The number of amides is 1. The summed E-state index contributed by atoms with van der Waals surface area (Å²) < 4.78 is 43.3. The van der Waals surface area contributed by atoms with Crippen LogP contribution in [0.4, 0.5) is 18.9 Å². The number of rotatable bonds is 7. The molecule has 2 atom stereocenters. The van der Waals surface area contributed by atoms with Gasteiger partial charge in [-0.3, -0.25) is 9.69 Å². The van der Waals surface area contributed by atoms with Crippen molar-refractivity contribution >= 4 is 23.2 Å². The molecular weight excluding hydrogens is 349 g/mol. The molecule has 1 aromatic carbocycles. The third-order valence-electron chi connectivity index (χ3n) is 3.44. The molecule has 2 N–H and O–H groups in total. The summed E-state index contributed by atoms with van der Waals surface area (Å²) in [6.07, 6.45) is -5.38. The molecule has 1 amide bonds. The highest BCUT2D eigenvalue weighted by Gasteiger charge is 2.33. The average Bonchev–Trinajstić information content (AvgIpc) is 2.47. The van der Waals surface area contributed by atoms with Gasteiger partial charge in [0, 0.05) is 19.3 Å². The van der Waals surface area contributed by atoms with Gasteiger partial charge < -0.3 is 15.2 Å². The lowest BCUT2D eigenvalue weighted by Gasteiger charge is -2.26. The molecule has 0 saturated heterocycles. The van der Waals surface area contributed by atoms with E-state index in [1.165, 1.54) is 13.2 Å². The minimum absolute atomic E-state index is 0.00517. The van der Waals surface area contributed by atoms with Crippen molar-refractivity contribution in [2.24, 2.45) is 0 Å². The largest absolute Gasteiger partial charge is 0.417 e. The van der Waals surface area contributed by atoms with Gasteiger partial charge in [-0.25, -0.2) is 0 Å². The van der Waals surface area contributed by atoms with Gasteiger partial charge in [-0.1, -0.05) is 11.6 Å². The minimum atomic E-state index is -4.61. The lowest BCUT2D eigenvalue weighted by molar-refractivity contribution is -0.137. The second-order valence-corrected chi connectivity index (χ2v) is 5.81. The highest BCUT2D eigenvalue weighted by Crippen LogP contribution is 2.36. The van der Waals surface area contributed by atoms with E-state index < -0.39 is 34.8 Å². The Morgan fingerprint density at radius 1 is 1.46 bits per heavy atom. The minimum Gasteiger partial charge on any atom is -0.389 e. The molecule has 0 fully saturated rings. The van der Waals surface area contributed by atoms with Crippen molar-refractivity contribution < 1.29 is 27.8 Å². The van der Waals surface area contributed by atoms with Crippen LogP contribution in [0.3, 0.4) is 0 Å². The van der Waals surface area contributed by atoms with Crippen LogP contribution in [0.1, 0.15) is 12.5 Å². The van der Waals surface area contributed by atoms with E-state index in [1.54, 1.807) is 18.9 Å². The van der Waals surface area contributed by atoms with E-state index >= 15 is 0 Å². The van der Waals surface area contributed by atoms with Gasteiger partial charge in [0.2, 0.25) is 5.91 Å². The van der Waals surface area contributed by atoms with Crippen LogP contribution in [-0.4, -0.2) is 55.4 Å². The first-order valence-corrected chi connectivity index (χ1v) is 7.49. The smallest absolute Gasteiger partial charge is 0.389 e. The zero-order chi connectivity index (χ0) is 18.5. The first-order chi connectivity index (χ1) is 11.1. The fraction of sp³-hybridized carbons (Fsp3) is 0.533. The van der Waals surface area contributed by atoms with Crippen molar-refractivity contribution in [1.82, 2.24) is 4.90 Å². The number of nitrogens with one attached hydrogen (secondary N) is 1. The van der Waals surface area contributed by atoms with Gasteiger partial charge >= 0.3 is 6.18 Å². The van der Waals surface area contributed by atoms with Crippen molar-refractivity contribution in [1.29, 1.82) is 0 Å². The summed E-state index contributed by atoms with van der Waals surface area (Å²) in [7, 11) is 3.06. The summed E-state index contributed by atoms with van der Waals surface area (Å²) in [6.45, 7) is 1.87. The highest BCUT2D eigenvalue weighted by atomic mass is 35.5. The normalized spacial score (nSPS) is 14.5. The molecule has 1 rings (SSSR count). The van der Waals surface area contributed by atoms with E-state index in [9.17, 15) is 23.1 Å². The quantitative estimate of drug-likeness (QED) is 0.776. The number of carbonyl (C=O) groups is 1. The summed E-state index contributed by atoms with van der Waals surface area (Å²) in [4.78, 5) is 13.7. The van der Waals surface area contributed by atoms with Crippen LogP contribution in [-0.2, 0) is 15.7 Å². The average molecular weight is 369 g/mol. The number of anilines is 1. The van der Waals surface area contributed by atoms with E-state index in [2.05, 4.69) is 5.32 Å². The Bertz CT molecular complexity index is 569. The van der Waals surface area contributed by atoms with Crippen LogP contribution in [0.2, 0.25) is 5.02 Å². The molecule has 0 spiro atoms. The Morgan fingerprint density at radius 2 is 2.08 bits per heavy atom. The number of aliphatic hydroxyl groups is 1. The first kappa shape index (κ1) is 20.7. The molecule has 0 bridgehead atoms. The SMILES string of the molecule is COC[C@H](O)CN(C)[C@@H](C)C(=O)Nc1ccc(Cl)c(C(F)(F)F)c1. The van der Waals surface area contributed by atoms with Crippen LogP contribution >= 0.6 is 11.6 Å². The molecule has 136 valence electrons. The number of aliphatic hydroxyl groups excluding tert-OH is 1. The van der Waals surface area contributed by atoms with Crippen LogP contribution < -0.4 is 5.32 Å². The Hall–Kier alpha value is -1.35. The van der Waals surface area contributed by atoms with E-state index in [4.69, 9.17) is 16.3 Å². The molecule has 1 aromatic rings. The number of alkyl halides is 3. The maximum Gasteiger partial charge on any atom is 0.417 e. The second-order valence-electron chi connectivity index (χ2n) is 5.41. The van der Waals surface area contributed by atoms with Crippen molar-refractivity contribution in [3.63, 3.8) is 0 Å². The van der Waals surface area contributed by atoms with Gasteiger partial charge in [0.15, 0.2) is 0 Å². The standard InChI is InChI=1S/C15H20ClF3N2O3/c1-9(21(2)7-11(22)8-24-3)14(23)20-10-4-5-13(16)12(6-10)15(17,18)19/h4-6,9,11,22H,7-8H2,1-3H3,(H,20,23)/t9-,11+/m0/s1. The fourth-order valence-electron chi connectivity index (χ4n) is 2.00. The Morgan fingerprint density at radius 3 is 2.62 bits per heavy atom. The number of ether oxygens (including phenoxy) is 1. The maximum atomic E-state index is 12.8. The van der Waals surface area contributed by atoms with Crippen molar-refractivity contribution in [2.75, 3.05) is 32.6 Å². The van der Waals surface area contributed by atoms with Crippen molar-refractivity contribution in [2.45, 2.75) is 25.2 Å². The van der Waals surface area contributed by atoms with Gasteiger partial charge in [0.1, 0.15) is 0 Å². The molecule has 0 heterocycles. The van der Waals surface area contributed by atoms with Gasteiger partial charge in [-0.2, -0.15) is 13.2 Å². The number of nitrogens with zero attached hydrogens (tertiary/aromatic N) is 1. The summed E-state index contributed by atoms with van der Waals surface area (Å²) in [5.74, 6) is -0.502. The molecule has 0 aliphatic carbocycles. The van der Waals surface area contributed by atoms with E-state index in [0.29, 0.717) is 0 Å². The fourth-order valence-corrected chi connectivity index (χ4v) is 2.23. The Kier molecular flexibility index (Phi) is 7.47. The van der Waals surface area contributed by atoms with Gasteiger partial charge in [0.25, 0.3) is 0 Å². The molecule has 0 aliphatic heterocycles. The number of carbonyl (C=O) groups excluding carboxylic acids is 1. The maximum absolute atomic E-state index is 12.8. The third-order valence-corrected chi connectivity index (χ3v) is 3.77. The number of hydrogen-bond acceptors (Lipinski definition) is 4. The van der Waals surface area contributed by atoms with Crippen molar-refractivity contribution in [3.05, 3.63) is 28.8 Å². The molecule has 5 nitrogen and oxygen atoms in total. The predicted molar refractivity (Wildman–Crippen MR) is 85.1 cm³/mol. The number of methoxy groups -OCH3 is 1. The van der Waals surface area contributed by atoms with Gasteiger partial charge in [-0.05, 0) is 32.2 Å². The molecule has 0 unspecified atom stereocenters. The van der Waals surface area contributed by atoms with Crippen LogP contribution in [0.5, 0.6) is 0 Å². The van der Waals surface area contributed by atoms with E-state index in [0.717, 1.165) is 12.1 Å². The summed E-state index contributed by atoms with van der Waals surface area (Å²) in [6, 6.07) is 2.49. The topological polar surface area (TPSA) is 61.8 Å². The zero-order valence-electron chi connectivity index (χ0n) is 13.5. The Labute approximate surface area is 143 Å². The van der Waals surface area contributed by atoms with Crippen molar-refractivity contribution in [3.8, 4) is 0 Å². The van der Waals surface area contributed by atoms with Crippen LogP contribution in [0.25, 0.3) is 0 Å². The molecule has 24 heavy (non-hydrogen) atoms. The monoisotopic (exact) mass is 368 g/mol. The van der Waals surface area contributed by atoms with E-state index in [-0.39, 0.29) is 18.8 Å². The molecule has 0 aromatic heterocycles. The lowest BCUT2D eigenvalue weighted by atomic mass is 10.1. The van der Waals surface area contributed by atoms with Gasteiger partial charge in [-0.15, -0.1) is 0 Å². The molecule has 9 heteroatoms. The highest BCUT2D eigenvalue weighted by molar-refractivity contribution is 6.31. The number of halogens is 4. The molecule has 0 aliphatic rings. The number of benzene rings is 1. The molecule has 0 saturated carbocycles. The van der Waals surface area contributed by atoms with Gasteiger partial charge in [0.05, 0.1) is 29.3 Å². The summed E-state index contributed by atoms with van der Waals surface area (Å²) >= 11 is 5.54.